The maximum atomic E-state index is 11.9. The normalized spacial score (nSPS) is 16.2. The van der Waals surface area contributed by atoms with Crippen LogP contribution in [0.3, 0.4) is 0 Å². The number of halogens is 3. The van der Waals surface area contributed by atoms with Crippen molar-refractivity contribution in [3.63, 3.8) is 0 Å². The van der Waals surface area contributed by atoms with Crippen LogP contribution in [0.25, 0.3) is 0 Å². The molecule has 0 amide bonds. The fourth-order valence-corrected chi connectivity index (χ4v) is 1.52. The van der Waals surface area contributed by atoms with Crippen LogP contribution in [0.2, 0.25) is 0 Å². The van der Waals surface area contributed by atoms with Crippen LogP contribution < -0.4 is 5.73 Å². The highest BCUT2D eigenvalue weighted by molar-refractivity contribution is 4.74. The summed E-state index contributed by atoms with van der Waals surface area (Å²) in [6.07, 6.45) is -5.03. The Bertz CT molecular complexity index is 198. The molecule has 0 spiro atoms. The standard InChI is InChI=1S/C11H22F3NO2/c1-8(2)6-9(15)10(7-16)17-5-3-4-11(12,13)14/h8-10,16H,3-7,15H2,1-2H3. The van der Waals surface area contributed by atoms with Crippen molar-refractivity contribution in [1.82, 2.24) is 0 Å². The molecule has 0 aromatic carbocycles. The fourth-order valence-electron chi connectivity index (χ4n) is 1.52. The van der Waals surface area contributed by atoms with E-state index in [0.717, 1.165) is 0 Å². The smallest absolute Gasteiger partial charge is 0.389 e. The minimum absolute atomic E-state index is 0.0312. The second-order valence-corrected chi connectivity index (χ2v) is 4.60. The van der Waals surface area contributed by atoms with Crippen molar-refractivity contribution in [3.8, 4) is 0 Å². The van der Waals surface area contributed by atoms with Crippen LogP contribution in [0.15, 0.2) is 0 Å². The Morgan fingerprint density at radius 3 is 2.29 bits per heavy atom. The maximum Gasteiger partial charge on any atom is 0.389 e. The summed E-state index contributed by atoms with van der Waals surface area (Å²) in [4.78, 5) is 0. The molecule has 104 valence electrons. The molecule has 0 saturated heterocycles. The lowest BCUT2D eigenvalue weighted by molar-refractivity contribution is -0.139. The molecule has 0 rings (SSSR count). The quantitative estimate of drug-likeness (QED) is 0.655. The lowest BCUT2D eigenvalue weighted by Gasteiger charge is -2.23. The first-order valence-electron chi connectivity index (χ1n) is 5.81. The molecule has 0 radical (unpaired) electrons. The van der Waals surface area contributed by atoms with E-state index >= 15 is 0 Å². The van der Waals surface area contributed by atoms with Crippen molar-refractivity contribution in [1.29, 1.82) is 0 Å². The van der Waals surface area contributed by atoms with E-state index in [1.165, 1.54) is 0 Å². The van der Waals surface area contributed by atoms with Gasteiger partial charge in [-0.2, -0.15) is 13.2 Å². The van der Waals surface area contributed by atoms with E-state index in [2.05, 4.69) is 0 Å². The first-order chi connectivity index (χ1) is 7.76. The average Bonchev–Trinajstić information content (AvgIpc) is 2.14. The molecule has 0 aliphatic carbocycles. The van der Waals surface area contributed by atoms with Gasteiger partial charge >= 0.3 is 6.18 Å². The van der Waals surface area contributed by atoms with Gasteiger partial charge in [0.05, 0.1) is 12.7 Å². The van der Waals surface area contributed by atoms with Crippen LogP contribution in [0.4, 0.5) is 13.2 Å². The van der Waals surface area contributed by atoms with Crippen molar-refractivity contribution in [2.45, 2.75) is 51.4 Å². The van der Waals surface area contributed by atoms with Gasteiger partial charge in [-0.3, -0.25) is 0 Å². The van der Waals surface area contributed by atoms with E-state index < -0.39 is 18.7 Å². The number of alkyl halides is 3. The molecule has 0 aliphatic heterocycles. The van der Waals surface area contributed by atoms with E-state index in [9.17, 15) is 13.2 Å². The van der Waals surface area contributed by atoms with Crippen molar-refractivity contribution >= 4 is 0 Å². The largest absolute Gasteiger partial charge is 0.394 e. The first-order valence-corrected chi connectivity index (χ1v) is 5.81. The molecule has 0 fully saturated rings. The molecule has 6 heteroatoms. The zero-order valence-corrected chi connectivity index (χ0v) is 10.3. The van der Waals surface area contributed by atoms with Gasteiger partial charge in [0.2, 0.25) is 0 Å². The zero-order valence-electron chi connectivity index (χ0n) is 10.3. The highest BCUT2D eigenvalue weighted by Gasteiger charge is 2.26. The molecule has 2 atom stereocenters. The molecule has 3 N–H and O–H groups in total. The molecular weight excluding hydrogens is 235 g/mol. The minimum atomic E-state index is -4.15. The third-order valence-electron chi connectivity index (χ3n) is 2.34. The Labute approximate surface area is 100 Å². The third kappa shape index (κ3) is 9.38. The summed E-state index contributed by atoms with van der Waals surface area (Å²) < 4.78 is 40.8. The molecule has 0 aromatic heterocycles. The summed E-state index contributed by atoms with van der Waals surface area (Å²) in [5, 5.41) is 9.04. The molecule has 0 heterocycles. The van der Waals surface area contributed by atoms with Gasteiger partial charge in [-0.1, -0.05) is 13.8 Å². The minimum Gasteiger partial charge on any atom is -0.394 e. The van der Waals surface area contributed by atoms with Crippen molar-refractivity contribution in [2.24, 2.45) is 11.7 Å². The van der Waals surface area contributed by atoms with Gasteiger partial charge in [0.15, 0.2) is 0 Å². The molecule has 0 saturated carbocycles. The molecule has 0 bridgehead atoms. The van der Waals surface area contributed by atoms with E-state index in [1.54, 1.807) is 0 Å². The Hall–Kier alpha value is -0.330. The molecule has 0 aromatic rings. The van der Waals surface area contributed by atoms with Crippen LogP contribution in [0.1, 0.15) is 33.1 Å². The summed E-state index contributed by atoms with van der Waals surface area (Å²) in [5.41, 5.74) is 5.79. The lowest BCUT2D eigenvalue weighted by Crippen LogP contribution is -2.40. The summed E-state index contributed by atoms with van der Waals surface area (Å²) >= 11 is 0. The summed E-state index contributed by atoms with van der Waals surface area (Å²) in [5.74, 6) is 0.359. The number of aliphatic hydroxyl groups excluding tert-OH is 1. The number of hydrogen-bond acceptors (Lipinski definition) is 3. The Morgan fingerprint density at radius 2 is 1.88 bits per heavy atom. The molecule has 0 aliphatic rings. The van der Waals surface area contributed by atoms with Crippen molar-refractivity contribution in [2.75, 3.05) is 13.2 Å². The van der Waals surface area contributed by atoms with Gasteiger partial charge < -0.3 is 15.6 Å². The Morgan fingerprint density at radius 1 is 1.29 bits per heavy atom. The van der Waals surface area contributed by atoms with E-state index in [0.29, 0.717) is 12.3 Å². The lowest BCUT2D eigenvalue weighted by atomic mass is 10.0. The van der Waals surface area contributed by atoms with Gasteiger partial charge in [-0.15, -0.1) is 0 Å². The highest BCUT2D eigenvalue weighted by Crippen LogP contribution is 2.21. The molecule has 17 heavy (non-hydrogen) atoms. The second-order valence-electron chi connectivity index (χ2n) is 4.60. The van der Waals surface area contributed by atoms with E-state index in [4.69, 9.17) is 15.6 Å². The SMILES string of the molecule is CC(C)CC(N)C(CO)OCCCC(F)(F)F. The maximum absolute atomic E-state index is 11.9. The van der Waals surface area contributed by atoms with Gasteiger partial charge in [0.1, 0.15) is 0 Å². The van der Waals surface area contributed by atoms with Crippen LogP contribution >= 0.6 is 0 Å². The summed E-state index contributed by atoms with van der Waals surface area (Å²) in [6.45, 7) is 3.67. The van der Waals surface area contributed by atoms with Crippen LogP contribution in [-0.4, -0.2) is 36.6 Å². The zero-order chi connectivity index (χ0) is 13.5. The van der Waals surface area contributed by atoms with Crippen molar-refractivity contribution < 1.29 is 23.0 Å². The van der Waals surface area contributed by atoms with E-state index in [-0.39, 0.29) is 25.7 Å². The molecule has 3 nitrogen and oxygen atoms in total. The highest BCUT2D eigenvalue weighted by atomic mass is 19.4. The Balaban J connectivity index is 3.82. The predicted octanol–water partition coefficient (Wildman–Crippen LogP) is 2.08. The summed E-state index contributed by atoms with van der Waals surface area (Å²) in [6, 6.07) is -0.342. The monoisotopic (exact) mass is 257 g/mol. The average molecular weight is 257 g/mol. The van der Waals surface area contributed by atoms with Gasteiger partial charge in [-0.05, 0) is 18.8 Å². The number of aliphatic hydroxyl groups is 1. The van der Waals surface area contributed by atoms with E-state index in [1.807, 2.05) is 13.8 Å². The fraction of sp³-hybridized carbons (Fsp3) is 1.00. The van der Waals surface area contributed by atoms with Gasteiger partial charge in [0, 0.05) is 19.1 Å². The molecule has 2 unspecified atom stereocenters. The topological polar surface area (TPSA) is 55.5 Å². The first kappa shape index (κ1) is 16.7. The third-order valence-corrected chi connectivity index (χ3v) is 2.34. The van der Waals surface area contributed by atoms with Gasteiger partial charge in [0.25, 0.3) is 0 Å². The van der Waals surface area contributed by atoms with Crippen LogP contribution in [0, 0.1) is 5.92 Å². The summed E-state index contributed by atoms with van der Waals surface area (Å²) in [7, 11) is 0. The number of ether oxygens (including phenoxy) is 1. The Kier molecular flexibility index (Phi) is 7.74. The number of hydrogen-bond donors (Lipinski definition) is 2. The number of rotatable bonds is 8. The molecular formula is C11H22F3NO2. The second kappa shape index (κ2) is 7.89. The number of nitrogens with two attached hydrogens (primary N) is 1. The van der Waals surface area contributed by atoms with Gasteiger partial charge in [-0.25, -0.2) is 0 Å². The predicted molar refractivity (Wildman–Crippen MR) is 59.5 cm³/mol. The van der Waals surface area contributed by atoms with Crippen LogP contribution in [-0.2, 0) is 4.74 Å². The van der Waals surface area contributed by atoms with Crippen LogP contribution in [0.5, 0.6) is 0 Å². The van der Waals surface area contributed by atoms with Crippen molar-refractivity contribution in [3.05, 3.63) is 0 Å².